The molecule has 21 heavy (non-hydrogen) atoms. The summed E-state index contributed by atoms with van der Waals surface area (Å²) in [5, 5.41) is 3.21. The lowest BCUT2D eigenvalue weighted by atomic mass is 10.2. The number of nitrogens with zero attached hydrogens (tertiary/aromatic N) is 3. The van der Waals surface area contributed by atoms with Crippen LogP contribution in [0.1, 0.15) is 18.4 Å². The van der Waals surface area contributed by atoms with Gasteiger partial charge in [-0.3, -0.25) is 0 Å². The molecule has 0 bridgehead atoms. The van der Waals surface area contributed by atoms with Crippen molar-refractivity contribution in [3.8, 4) is 0 Å². The zero-order valence-corrected chi connectivity index (χ0v) is 13.1. The number of hydrogen-bond acceptors (Lipinski definition) is 4. The number of hydrogen-bond donors (Lipinski definition) is 1. The fraction of sp³-hybridized carbons (Fsp3) is 0.333. The molecular formula is C15H16BrFN4. The summed E-state index contributed by atoms with van der Waals surface area (Å²) in [4.78, 5) is 10.8. The summed E-state index contributed by atoms with van der Waals surface area (Å²) in [5.74, 6) is 1.46. The molecule has 1 fully saturated rings. The van der Waals surface area contributed by atoms with E-state index in [0.717, 1.165) is 30.3 Å². The van der Waals surface area contributed by atoms with Crippen molar-refractivity contribution in [1.29, 1.82) is 0 Å². The van der Waals surface area contributed by atoms with Crippen molar-refractivity contribution in [3.63, 3.8) is 0 Å². The quantitative estimate of drug-likeness (QED) is 0.914. The standard InChI is InChI=1S/C15H16BrFN4/c16-12-4-3-11(7-13(12)17)9-18-14-8-15(20-10-19-14)21-5-1-2-6-21/h3-4,7-8,10H,1-2,5-6,9H2,(H,18,19,20). The molecule has 0 unspecified atom stereocenters. The van der Waals surface area contributed by atoms with E-state index in [1.807, 2.05) is 12.1 Å². The maximum Gasteiger partial charge on any atom is 0.137 e. The van der Waals surface area contributed by atoms with Gasteiger partial charge in [-0.1, -0.05) is 6.07 Å². The first-order valence-corrected chi connectivity index (χ1v) is 7.76. The van der Waals surface area contributed by atoms with Crippen LogP contribution in [0.25, 0.3) is 0 Å². The summed E-state index contributed by atoms with van der Waals surface area (Å²) in [7, 11) is 0. The molecule has 4 nitrogen and oxygen atoms in total. The normalized spacial score (nSPS) is 14.5. The second-order valence-electron chi connectivity index (χ2n) is 5.06. The van der Waals surface area contributed by atoms with Crippen LogP contribution >= 0.6 is 15.9 Å². The third-order valence-electron chi connectivity index (χ3n) is 3.54. The van der Waals surface area contributed by atoms with Gasteiger partial charge in [-0.15, -0.1) is 0 Å². The molecule has 0 atom stereocenters. The summed E-state index contributed by atoms with van der Waals surface area (Å²) in [5.41, 5.74) is 0.872. The van der Waals surface area contributed by atoms with Crippen molar-refractivity contribution in [2.45, 2.75) is 19.4 Å². The molecule has 1 N–H and O–H groups in total. The van der Waals surface area contributed by atoms with E-state index < -0.39 is 0 Å². The SMILES string of the molecule is Fc1cc(CNc2cc(N3CCCC3)ncn2)ccc1Br. The minimum Gasteiger partial charge on any atom is -0.366 e. The van der Waals surface area contributed by atoms with E-state index in [2.05, 4.69) is 36.1 Å². The molecule has 1 aliphatic rings. The van der Waals surface area contributed by atoms with Gasteiger partial charge in [-0.2, -0.15) is 0 Å². The summed E-state index contributed by atoms with van der Waals surface area (Å²) < 4.78 is 13.9. The molecule has 1 saturated heterocycles. The van der Waals surface area contributed by atoms with Gasteiger partial charge < -0.3 is 10.2 Å². The Labute approximate surface area is 131 Å². The molecule has 2 aromatic rings. The molecule has 0 aliphatic carbocycles. The average molecular weight is 351 g/mol. The minimum absolute atomic E-state index is 0.255. The number of rotatable bonds is 4. The molecule has 3 rings (SSSR count). The first-order chi connectivity index (χ1) is 10.2. The Hall–Kier alpha value is -1.69. The second-order valence-corrected chi connectivity index (χ2v) is 5.91. The van der Waals surface area contributed by atoms with Crippen LogP contribution in [0.3, 0.4) is 0 Å². The topological polar surface area (TPSA) is 41.0 Å². The summed E-state index contributed by atoms with van der Waals surface area (Å²) in [6.45, 7) is 2.63. The number of halogens is 2. The Morgan fingerprint density at radius 1 is 1.19 bits per heavy atom. The predicted molar refractivity (Wildman–Crippen MR) is 84.9 cm³/mol. The highest BCUT2D eigenvalue weighted by Crippen LogP contribution is 2.20. The van der Waals surface area contributed by atoms with Gasteiger partial charge in [0.15, 0.2) is 0 Å². The fourth-order valence-corrected chi connectivity index (χ4v) is 2.65. The van der Waals surface area contributed by atoms with Crippen LogP contribution in [-0.2, 0) is 6.54 Å². The molecule has 1 aromatic carbocycles. The van der Waals surface area contributed by atoms with Gasteiger partial charge in [0.2, 0.25) is 0 Å². The van der Waals surface area contributed by atoms with Gasteiger partial charge in [0, 0.05) is 25.7 Å². The Bertz CT molecular complexity index is 629. The van der Waals surface area contributed by atoms with Gasteiger partial charge in [0.05, 0.1) is 4.47 Å². The molecule has 0 radical (unpaired) electrons. The van der Waals surface area contributed by atoms with Crippen molar-refractivity contribution in [2.24, 2.45) is 0 Å². The summed E-state index contributed by atoms with van der Waals surface area (Å²) in [6.07, 6.45) is 3.99. The molecule has 1 aromatic heterocycles. The lowest BCUT2D eigenvalue weighted by Gasteiger charge is -2.16. The van der Waals surface area contributed by atoms with Crippen LogP contribution < -0.4 is 10.2 Å². The third-order valence-corrected chi connectivity index (χ3v) is 4.18. The van der Waals surface area contributed by atoms with Crippen molar-refractivity contribution in [2.75, 3.05) is 23.3 Å². The van der Waals surface area contributed by atoms with E-state index in [1.165, 1.54) is 18.9 Å². The van der Waals surface area contributed by atoms with Crippen LogP contribution in [0.2, 0.25) is 0 Å². The molecule has 0 spiro atoms. The lowest BCUT2D eigenvalue weighted by Crippen LogP contribution is -2.19. The maximum absolute atomic E-state index is 13.5. The van der Waals surface area contributed by atoms with E-state index in [9.17, 15) is 4.39 Å². The zero-order valence-electron chi connectivity index (χ0n) is 11.5. The van der Waals surface area contributed by atoms with Gasteiger partial charge in [-0.25, -0.2) is 14.4 Å². The highest BCUT2D eigenvalue weighted by Gasteiger charge is 2.13. The number of aromatic nitrogens is 2. The Kier molecular flexibility index (Phi) is 4.34. The molecule has 2 heterocycles. The highest BCUT2D eigenvalue weighted by molar-refractivity contribution is 9.10. The van der Waals surface area contributed by atoms with Crippen LogP contribution in [0, 0.1) is 5.82 Å². The molecule has 0 amide bonds. The fourth-order valence-electron chi connectivity index (χ4n) is 2.41. The van der Waals surface area contributed by atoms with Gasteiger partial charge in [0.1, 0.15) is 23.8 Å². The monoisotopic (exact) mass is 350 g/mol. The van der Waals surface area contributed by atoms with Crippen molar-refractivity contribution < 1.29 is 4.39 Å². The van der Waals surface area contributed by atoms with Crippen molar-refractivity contribution in [1.82, 2.24) is 9.97 Å². The van der Waals surface area contributed by atoms with E-state index in [1.54, 1.807) is 12.4 Å². The van der Waals surface area contributed by atoms with E-state index in [-0.39, 0.29) is 5.82 Å². The first kappa shape index (κ1) is 14.3. The molecule has 6 heteroatoms. The maximum atomic E-state index is 13.5. The lowest BCUT2D eigenvalue weighted by molar-refractivity contribution is 0.619. The van der Waals surface area contributed by atoms with E-state index >= 15 is 0 Å². The second kappa shape index (κ2) is 6.39. The molecule has 0 saturated carbocycles. The van der Waals surface area contributed by atoms with Crippen molar-refractivity contribution in [3.05, 3.63) is 46.4 Å². The van der Waals surface area contributed by atoms with Crippen LogP contribution in [0.4, 0.5) is 16.0 Å². The summed E-state index contributed by atoms with van der Waals surface area (Å²) in [6, 6.07) is 7.05. The van der Waals surface area contributed by atoms with Crippen LogP contribution in [0.5, 0.6) is 0 Å². The Morgan fingerprint density at radius 2 is 2.00 bits per heavy atom. The van der Waals surface area contributed by atoms with Gasteiger partial charge in [0.25, 0.3) is 0 Å². The number of nitrogens with one attached hydrogen (secondary N) is 1. The number of benzene rings is 1. The van der Waals surface area contributed by atoms with Crippen molar-refractivity contribution >= 4 is 27.6 Å². The minimum atomic E-state index is -0.255. The van der Waals surface area contributed by atoms with Crippen LogP contribution in [0.15, 0.2) is 35.1 Å². The highest BCUT2D eigenvalue weighted by atomic mass is 79.9. The van der Waals surface area contributed by atoms with E-state index in [0.29, 0.717) is 11.0 Å². The van der Waals surface area contributed by atoms with E-state index in [4.69, 9.17) is 0 Å². The molecule has 110 valence electrons. The Morgan fingerprint density at radius 3 is 2.76 bits per heavy atom. The van der Waals surface area contributed by atoms with Crippen LogP contribution in [-0.4, -0.2) is 23.1 Å². The predicted octanol–water partition coefficient (Wildman–Crippen LogP) is 3.59. The zero-order chi connectivity index (χ0) is 14.7. The number of anilines is 2. The average Bonchev–Trinajstić information content (AvgIpc) is 3.03. The summed E-state index contributed by atoms with van der Waals surface area (Å²) >= 11 is 3.15. The molecular weight excluding hydrogens is 335 g/mol. The first-order valence-electron chi connectivity index (χ1n) is 6.97. The van der Waals surface area contributed by atoms with Gasteiger partial charge >= 0.3 is 0 Å². The third kappa shape index (κ3) is 3.50. The smallest absolute Gasteiger partial charge is 0.137 e. The molecule has 1 aliphatic heterocycles. The largest absolute Gasteiger partial charge is 0.366 e. The van der Waals surface area contributed by atoms with Gasteiger partial charge in [-0.05, 0) is 46.5 Å². The Balaban J connectivity index is 1.67.